The molecule has 0 saturated heterocycles. The zero-order chi connectivity index (χ0) is 13.6. The topological polar surface area (TPSA) is 45.4 Å². The first-order valence-corrected chi connectivity index (χ1v) is 6.89. The predicted molar refractivity (Wildman–Crippen MR) is 75.5 cm³/mol. The molecule has 1 aromatic heterocycles. The third-order valence-electron chi connectivity index (χ3n) is 3.91. The van der Waals surface area contributed by atoms with Crippen LogP contribution in [0.4, 0.5) is 0 Å². The van der Waals surface area contributed by atoms with Crippen LogP contribution >= 0.6 is 11.6 Å². The Labute approximate surface area is 117 Å². The molecule has 3 nitrogen and oxygen atoms in total. The van der Waals surface area contributed by atoms with Crippen molar-refractivity contribution in [1.29, 1.82) is 0 Å². The molecule has 0 saturated carbocycles. The second-order valence-corrected chi connectivity index (χ2v) is 5.44. The van der Waals surface area contributed by atoms with Gasteiger partial charge in [-0.2, -0.15) is 0 Å². The number of aromatic hydroxyl groups is 2. The van der Waals surface area contributed by atoms with Gasteiger partial charge < -0.3 is 10.2 Å². The first-order chi connectivity index (χ1) is 9.11. The van der Waals surface area contributed by atoms with Crippen molar-refractivity contribution in [3.63, 3.8) is 0 Å². The molecule has 2 aromatic rings. The van der Waals surface area contributed by atoms with Crippen LogP contribution in [0, 0.1) is 6.92 Å². The smallest absolute Gasteiger partial charge is 0.202 e. The zero-order valence-electron chi connectivity index (χ0n) is 10.8. The third kappa shape index (κ3) is 1.80. The Morgan fingerprint density at radius 1 is 1.05 bits per heavy atom. The number of benzene rings is 1. The minimum absolute atomic E-state index is 0.151. The van der Waals surface area contributed by atoms with Crippen LogP contribution in [0.15, 0.2) is 18.2 Å². The van der Waals surface area contributed by atoms with Gasteiger partial charge in [-0.05, 0) is 50.3 Å². The highest BCUT2D eigenvalue weighted by molar-refractivity contribution is 6.31. The number of rotatable bonds is 1. The fourth-order valence-electron chi connectivity index (χ4n) is 2.84. The number of nitrogens with zero attached hydrogens (tertiary/aromatic N) is 1. The molecule has 3 rings (SSSR count). The number of aromatic nitrogens is 1. The maximum atomic E-state index is 10.4. The van der Waals surface area contributed by atoms with Crippen molar-refractivity contribution in [1.82, 2.24) is 4.57 Å². The molecule has 19 heavy (non-hydrogen) atoms. The summed E-state index contributed by atoms with van der Waals surface area (Å²) in [7, 11) is 0. The van der Waals surface area contributed by atoms with Crippen molar-refractivity contribution in [2.24, 2.45) is 0 Å². The zero-order valence-corrected chi connectivity index (χ0v) is 11.5. The third-order valence-corrected chi connectivity index (χ3v) is 4.32. The van der Waals surface area contributed by atoms with Crippen molar-refractivity contribution in [2.75, 3.05) is 0 Å². The Balaban J connectivity index is 2.26. The highest BCUT2D eigenvalue weighted by Crippen LogP contribution is 2.41. The van der Waals surface area contributed by atoms with E-state index in [2.05, 4.69) is 0 Å². The van der Waals surface area contributed by atoms with Crippen LogP contribution < -0.4 is 0 Å². The second kappa shape index (κ2) is 4.49. The molecular formula is C15H16ClNO2. The van der Waals surface area contributed by atoms with E-state index in [4.69, 9.17) is 11.6 Å². The number of hydrogen-bond donors (Lipinski definition) is 2. The van der Waals surface area contributed by atoms with Crippen molar-refractivity contribution in [3.05, 3.63) is 39.9 Å². The van der Waals surface area contributed by atoms with E-state index >= 15 is 0 Å². The van der Waals surface area contributed by atoms with Gasteiger partial charge in [0, 0.05) is 16.1 Å². The lowest BCUT2D eigenvalue weighted by Gasteiger charge is -2.11. The summed E-state index contributed by atoms with van der Waals surface area (Å²) in [5, 5.41) is 21.4. The van der Waals surface area contributed by atoms with Crippen LogP contribution in [0.25, 0.3) is 5.69 Å². The molecule has 0 radical (unpaired) electrons. The average Bonchev–Trinajstić information content (AvgIpc) is 2.67. The quantitative estimate of drug-likeness (QED) is 0.834. The largest absolute Gasteiger partial charge is 0.494 e. The van der Waals surface area contributed by atoms with Crippen molar-refractivity contribution < 1.29 is 10.2 Å². The fraction of sp³-hybridized carbons (Fsp3) is 0.333. The van der Waals surface area contributed by atoms with Gasteiger partial charge in [0.25, 0.3) is 0 Å². The Bertz CT molecular complexity index is 617. The lowest BCUT2D eigenvalue weighted by atomic mass is 9.95. The lowest BCUT2D eigenvalue weighted by Crippen LogP contribution is -1.98. The van der Waals surface area contributed by atoms with E-state index in [9.17, 15) is 10.2 Å². The SMILES string of the molecule is Cc1c(Cl)cccc1-n1c(O)c2c(c1O)CCCC2. The van der Waals surface area contributed by atoms with E-state index in [1.807, 2.05) is 19.1 Å². The Kier molecular flexibility index (Phi) is 2.94. The number of hydrogen-bond acceptors (Lipinski definition) is 2. The first-order valence-electron chi connectivity index (χ1n) is 6.51. The van der Waals surface area contributed by atoms with Gasteiger partial charge in [-0.15, -0.1) is 0 Å². The number of fused-ring (bicyclic) bond motifs is 1. The summed E-state index contributed by atoms with van der Waals surface area (Å²) >= 11 is 6.12. The van der Waals surface area contributed by atoms with Crippen molar-refractivity contribution >= 4 is 11.6 Å². The molecule has 0 unspecified atom stereocenters. The molecule has 0 atom stereocenters. The Hall–Kier alpha value is -1.61. The van der Waals surface area contributed by atoms with Gasteiger partial charge in [-0.25, -0.2) is 0 Å². The van der Waals surface area contributed by atoms with E-state index < -0.39 is 0 Å². The molecule has 1 heterocycles. The molecule has 4 heteroatoms. The predicted octanol–water partition coefficient (Wildman–Crippen LogP) is 3.73. The number of halogens is 1. The molecule has 0 spiro atoms. The molecule has 1 aromatic carbocycles. The van der Waals surface area contributed by atoms with Gasteiger partial charge in [0.05, 0.1) is 5.69 Å². The van der Waals surface area contributed by atoms with Crippen LogP contribution in [0.2, 0.25) is 5.02 Å². The van der Waals surface area contributed by atoms with Gasteiger partial charge in [0.1, 0.15) is 0 Å². The van der Waals surface area contributed by atoms with E-state index in [1.54, 1.807) is 6.07 Å². The molecule has 0 amide bonds. The van der Waals surface area contributed by atoms with E-state index in [-0.39, 0.29) is 11.8 Å². The van der Waals surface area contributed by atoms with E-state index in [1.165, 1.54) is 4.57 Å². The average molecular weight is 278 g/mol. The van der Waals surface area contributed by atoms with Gasteiger partial charge in [0.15, 0.2) is 0 Å². The summed E-state index contributed by atoms with van der Waals surface area (Å²) in [4.78, 5) is 0. The van der Waals surface area contributed by atoms with Crippen molar-refractivity contribution in [3.8, 4) is 17.4 Å². The van der Waals surface area contributed by atoms with Crippen LogP contribution in [-0.2, 0) is 12.8 Å². The highest BCUT2D eigenvalue weighted by atomic mass is 35.5. The summed E-state index contributed by atoms with van der Waals surface area (Å²) in [6.07, 6.45) is 3.75. The molecule has 2 N–H and O–H groups in total. The lowest BCUT2D eigenvalue weighted by molar-refractivity contribution is 0.399. The molecule has 0 aliphatic heterocycles. The molecule has 0 bridgehead atoms. The maximum absolute atomic E-state index is 10.4. The molecule has 100 valence electrons. The van der Waals surface area contributed by atoms with Crippen LogP contribution in [0.1, 0.15) is 29.5 Å². The summed E-state index contributed by atoms with van der Waals surface area (Å²) in [6.45, 7) is 1.88. The summed E-state index contributed by atoms with van der Waals surface area (Å²) in [5.74, 6) is 0.301. The molecule has 0 fully saturated rings. The highest BCUT2D eigenvalue weighted by Gasteiger charge is 2.25. The molecule has 1 aliphatic carbocycles. The normalized spacial score (nSPS) is 14.4. The second-order valence-electron chi connectivity index (χ2n) is 5.03. The summed E-state index contributed by atoms with van der Waals surface area (Å²) in [6, 6.07) is 5.48. The van der Waals surface area contributed by atoms with Crippen molar-refractivity contribution in [2.45, 2.75) is 32.6 Å². The van der Waals surface area contributed by atoms with E-state index in [0.29, 0.717) is 5.02 Å². The minimum Gasteiger partial charge on any atom is -0.494 e. The van der Waals surface area contributed by atoms with Gasteiger partial charge in [0.2, 0.25) is 11.8 Å². The van der Waals surface area contributed by atoms with Crippen LogP contribution in [-0.4, -0.2) is 14.8 Å². The van der Waals surface area contributed by atoms with Gasteiger partial charge >= 0.3 is 0 Å². The maximum Gasteiger partial charge on any atom is 0.202 e. The fourth-order valence-corrected chi connectivity index (χ4v) is 3.01. The van der Waals surface area contributed by atoms with Crippen LogP contribution in [0.5, 0.6) is 11.8 Å². The standard InChI is InChI=1S/C15H16ClNO2/c1-9-12(16)7-4-8-13(9)17-14(18)10-5-2-3-6-11(10)15(17)19/h4,7-8,18-19H,2-3,5-6H2,1H3. The first kappa shape index (κ1) is 12.4. The Morgan fingerprint density at radius 2 is 1.63 bits per heavy atom. The molecule has 1 aliphatic rings. The van der Waals surface area contributed by atoms with Gasteiger partial charge in [-0.3, -0.25) is 4.57 Å². The summed E-state index contributed by atoms with van der Waals surface area (Å²) in [5.41, 5.74) is 3.34. The summed E-state index contributed by atoms with van der Waals surface area (Å²) < 4.78 is 1.51. The molecular weight excluding hydrogens is 262 g/mol. The van der Waals surface area contributed by atoms with Gasteiger partial charge in [-0.1, -0.05) is 17.7 Å². The Morgan fingerprint density at radius 3 is 2.21 bits per heavy atom. The minimum atomic E-state index is 0.151. The van der Waals surface area contributed by atoms with E-state index in [0.717, 1.165) is 48.1 Å². The van der Waals surface area contributed by atoms with Crippen LogP contribution in [0.3, 0.4) is 0 Å². The monoisotopic (exact) mass is 277 g/mol.